The van der Waals surface area contributed by atoms with Crippen LogP contribution < -0.4 is 5.73 Å². The number of carbonyl (C=O) groups excluding carboxylic acids is 1. The maximum atomic E-state index is 13.3. The highest BCUT2D eigenvalue weighted by molar-refractivity contribution is 7.89. The molecule has 0 atom stereocenters. The summed E-state index contributed by atoms with van der Waals surface area (Å²) < 4.78 is 28.0. The molecule has 3 aromatic carbocycles. The second-order valence-electron chi connectivity index (χ2n) is 10.2. The van der Waals surface area contributed by atoms with Crippen LogP contribution in [0, 0.1) is 11.8 Å². The predicted molar refractivity (Wildman–Crippen MR) is 146 cm³/mol. The third-order valence-electron chi connectivity index (χ3n) is 7.48. The Hall–Kier alpha value is -2.45. The molecule has 0 aromatic heterocycles. The lowest BCUT2D eigenvalue weighted by Crippen LogP contribution is -2.50. The first-order valence-electron chi connectivity index (χ1n) is 12.3. The van der Waals surface area contributed by atoms with Gasteiger partial charge in [-0.15, -0.1) is 0 Å². The van der Waals surface area contributed by atoms with Crippen LogP contribution in [0.15, 0.2) is 65.6 Å². The normalized spacial score (nSPS) is 15.7. The van der Waals surface area contributed by atoms with E-state index < -0.39 is 15.6 Å². The summed E-state index contributed by atoms with van der Waals surface area (Å²) in [5.41, 5.74) is 7.87. The molecule has 0 saturated carbocycles. The average molecular weight is 528 g/mol. The fourth-order valence-electron chi connectivity index (χ4n) is 5.05. The molecule has 6 nitrogen and oxygen atoms in total. The maximum Gasteiger partial charge on any atom is 0.253 e. The second-order valence-corrected chi connectivity index (χ2v) is 12.5. The average Bonchev–Trinajstić information content (AvgIpc) is 2.87. The molecule has 1 aliphatic rings. The molecular weight excluding hydrogens is 494 g/mol. The van der Waals surface area contributed by atoms with Gasteiger partial charge in [0.25, 0.3) is 5.91 Å². The van der Waals surface area contributed by atoms with Gasteiger partial charge in [0.05, 0.1) is 4.90 Å². The highest BCUT2D eigenvalue weighted by Crippen LogP contribution is 2.34. The summed E-state index contributed by atoms with van der Waals surface area (Å²) in [7, 11) is -3.67. The molecule has 1 aliphatic heterocycles. The second kappa shape index (κ2) is 10.1. The standard InChI is InChI=1S/C28H34ClN3O3S/c1-19(2)28(30,20(3)4)24-9-5-21(6-10-24)27(33)31-13-15-32(16-14-31)36(34,35)26-12-8-22-17-25(29)11-7-23(22)18-26/h5-12,17-20H,13-16,30H2,1-4H3. The number of hydrogen-bond acceptors (Lipinski definition) is 4. The fourth-order valence-corrected chi connectivity index (χ4v) is 6.69. The Labute approximate surface area is 219 Å². The maximum absolute atomic E-state index is 13.3. The van der Waals surface area contributed by atoms with E-state index in [1.165, 1.54) is 4.31 Å². The Morgan fingerprint density at radius 2 is 1.42 bits per heavy atom. The Kier molecular flexibility index (Phi) is 7.49. The molecule has 1 amide bonds. The fraction of sp³-hybridized carbons (Fsp3) is 0.393. The van der Waals surface area contributed by atoms with Gasteiger partial charge in [-0.1, -0.05) is 63.6 Å². The quantitative estimate of drug-likeness (QED) is 0.483. The molecule has 1 heterocycles. The van der Waals surface area contributed by atoms with Gasteiger partial charge in [-0.2, -0.15) is 4.31 Å². The zero-order chi connectivity index (χ0) is 26.3. The molecule has 36 heavy (non-hydrogen) atoms. The summed E-state index contributed by atoms with van der Waals surface area (Å²) in [6, 6.07) is 18.0. The number of halogens is 1. The van der Waals surface area contributed by atoms with Crippen molar-refractivity contribution in [2.75, 3.05) is 26.2 Å². The van der Waals surface area contributed by atoms with E-state index >= 15 is 0 Å². The number of nitrogens with zero attached hydrogens (tertiary/aromatic N) is 2. The van der Waals surface area contributed by atoms with Gasteiger partial charge in [-0.25, -0.2) is 8.42 Å². The Morgan fingerprint density at radius 3 is 2.00 bits per heavy atom. The van der Waals surface area contributed by atoms with Crippen LogP contribution in [-0.4, -0.2) is 49.7 Å². The molecule has 0 bridgehead atoms. The Balaban J connectivity index is 1.45. The SMILES string of the molecule is CC(C)C(N)(c1ccc(C(=O)N2CCN(S(=O)(=O)c3ccc4cc(Cl)ccc4c3)CC2)cc1)C(C)C. The van der Waals surface area contributed by atoms with Crippen LogP contribution in [-0.2, 0) is 15.6 Å². The van der Waals surface area contributed by atoms with Crippen LogP contribution in [0.5, 0.6) is 0 Å². The van der Waals surface area contributed by atoms with E-state index in [9.17, 15) is 13.2 Å². The van der Waals surface area contributed by atoms with Gasteiger partial charge in [-0.3, -0.25) is 4.79 Å². The van der Waals surface area contributed by atoms with Crippen molar-refractivity contribution in [2.24, 2.45) is 17.6 Å². The summed E-state index contributed by atoms with van der Waals surface area (Å²) in [4.78, 5) is 15.1. The first-order valence-corrected chi connectivity index (χ1v) is 14.1. The van der Waals surface area contributed by atoms with Gasteiger partial charge in [0.1, 0.15) is 0 Å². The van der Waals surface area contributed by atoms with E-state index in [1.807, 2.05) is 36.4 Å². The van der Waals surface area contributed by atoms with Crippen molar-refractivity contribution in [1.29, 1.82) is 0 Å². The third-order valence-corrected chi connectivity index (χ3v) is 9.61. The molecule has 4 rings (SSSR count). The lowest BCUT2D eigenvalue weighted by atomic mass is 9.73. The predicted octanol–water partition coefficient (Wildman–Crippen LogP) is 5.11. The van der Waals surface area contributed by atoms with Crippen molar-refractivity contribution in [3.63, 3.8) is 0 Å². The molecule has 2 N–H and O–H groups in total. The van der Waals surface area contributed by atoms with E-state index in [1.54, 1.807) is 29.2 Å². The van der Waals surface area contributed by atoms with Crippen LogP contribution >= 0.6 is 11.6 Å². The molecule has 192 valence electrons. The van der Waals surface area contributed by atoms with E-state index in [2.05, 4.69) is 27.7 Å². The van der Waals surface area contributed by atoms with Crippen molar-refractivity contribution in [2.45, 2.75) is 38.1 Å². The number of benzene rings is 3. The lowest BCUT2D eigenvalue weighted by Gasteiger charge is -2.38. The number of rotatable bonds is 6. The summed E-state index contributed by atoms with van der Waals surface area (Å²) >= 11 is 6.04. The van der Waals surface area contributed by atoms with Crippen LogP contribution in [0.25, 0.3) is 10.8 Å². The molecule has 8 heteroatoms. The van der Waals surface area contributed by atoms with Gasteiger partial charge >= 0.3 is 0 Å². The van der Waals surface area contributed by atoms with Crippen LogP contribution in [0.2, 0.25) is 5.02 Å². The van der Waals surface area contributed by atoms with E-state index in [-0.39, 0.29) is 35.7 Å². The topological polar surface area (TPSA) is 83.7 Å². The van der Waals surface area contributed by atoms with E-state index in [0.717, 1.165) is 16.3 Å². The largest absolute Gasteiger partial charge is 0.336 e. The summed E-state index contributed by atoms with van der Waals surface area (Å²) in [6.07, 6.45) is 0. The minimum absolute atomic E-state index is 0.0992. The molecule has 0 aliphatic carbocycles. The van der Waals surface area contributed by atoms with Crippen molar-refractivity contribution < 1.29 is 13.2 Å². The molecule has 1 fully saturated rings. The molecule has 0 radical (unpaired) electrons. The van der Waals surface area contributed by atoms with Crippen LogP contribution in [0.3, 0.4) is 0 Å². The Morgan fingerprint density at radius 1 is 0.861 bits per heavy atom. The van der Waals surface area contributed by atoms with Gasteiger partial charge < -0.3 is 10.6 Å². The number of carbonyl (C=O) groups is 1. The summed E-state index contributed by atoms with van der Waals surface area (Å²) in [5.74, 6) is 0.391. The highest BCUT2D eigenvalue weighted by Gasteiger charge is 2.35. The molecular formula is C28H34ClN3O3S. The number of fused-ring (bicyclic) bond motifs is 1. The number of piperazine rings is 1. The molecule has 1 saturated heterocycles. The van der Waals surface area contributed by atoms with Crippen molar-refractivity contribution in [3.05, 3.63) is 76.8 Å². The highest BCUT2D eigenvalue weighted by atomic mass is 35.5. The first kappa shape index (κ1) is 26.6. The zero-order valence-corrected chi connectivity index (χ0v) is 22.8. The minimum Gasteiger partial charge on any atom is -0.336 e. The number of sulfonamides is 1. The molecule has 0 unspecified atom stereocenters. The van der Waals surface area contributed by atoms with E-state index in [4.69, 9.17) is 17.3 Å². The number of nitrogens with two attached hydrogens (primary N) is 1. The lowest BCUT2D eigenvalue weighted by molar-refractivity contribution is 0.0698. The van der Waals surface area contributed by atoms with E-state index in [0.29, 0.717) is 23.7 Å². The smallest absolute Gasteiger partial charge is 0.253 e. The van der Waals surface area contributed by atoms with Crippen molar-refractivity contribution in [1.82, 2.24) is 9.21 Å². The Bertz CT molecular complexity index is 1350. The minimum atomic E-state index is -3.67. The van der Waals surface area contributed by atoms with Crippen LogP contribution in [0.4, 0.5) is 0 Å². The first-order chi connectivity index (χ1) is 16.9. The van der Waals surface area contributed by atoms with Gasteiger partial charge in [0.15, 0.2) is 0 Å². The van der Waals surface area contributed by atoms with Gasteiger partial charge in [-0.05, 0) is 64.6 Å². The molecule has 0 spiro atoms. The number of amides is 1. The van der Waals surface area contributed by atoms with Gasteiger partial charge in [0.2, 0.25) is 10.0 Å². The molecule has 3 aromatic rings. The van der Waals surface area contributed by atoms with Crippen LogP contribution in [0.1, 0.15) is 43.6 Å². The van der Waals surface area contributed by atoms with Crippen molar-refractivity contribution in [3.8, 4) is 0 Å². The van der Waals surface area contributed by atoms with Gasteiger partial charge in [0, 0.05) is 42.3 Å². The summed E-state index contributed by atoms with van der Waals surface area (Å²) in [6.45, 7) is 9.61. The number of hydrogen-bond donors (Lipinski definition) is 1. The summed E-state index contributed by atoms with van der Waals surface area (Å²) in [5, 5.41) is 2.31. The van der Waals surface area contributed by atoms with Crippen molar-refractivity contribution >= 4 is 38.3 Å². The zero-order valence-electron chi connectivity index (χ0n) is 21.2. The third kappa shape index (κ3) is 4.90. The monoisotopic (exact) mass is 527 g/mol.